The SMILES string of the molecule is CC(C)(C)OC(=O)N1CCN(CCNC(=O)OCCc2ccc(OC(C)(C)C)cc2)CC1. The zero-order valence-corrected chi connectivity index (χ0v) is 20.4. The summed E-state index contributed by atoms with van der Waals surface area (Å²) in [4.78, 5) is 28.0. The largest absolute Gasteiger partial charge is 0.488 e. The maximum Gasteiger partial charge on any atom is 0.410 e. The molecule has 0 unspecified atom stereocenters. The van der Waals surface area contributed by atoms with Crippen molar-refractivity contribution in [2.24, 2.45) is 0 Å². The number of piperazine rings is 1. The predicted molar refractivity (Wildman–Crippen MR) is 124 cm³/mol. The lowest BCUT2D eigenvalue weighted by atomic mass is 10.1. The van der Waals surface area contributed by atoms with Crippen molar-refractivity contribution in [2.75, 3.05) is 45.9 Å². The summed E-state index contributed by atoms with van der Waals surface area (Å²) < 4.78 is 16.5. The highest BCUT2D eigenvalue weighted by Gasteiger charge is 2.25. The first-order valence-corrected chi connectivity index (χ1v) is 11.3. The van der Waals surface area contributed by atoms with Crippen LogP contribution in [0.3, 0.4) is 0 Å². The molecule has 8 heteroatoms. The van der Waals surface area contributed by atoms with Crippen LogP contribution in [0.15, 0.2) is 24.3 Å². The maximum atomic E-state index is 12.1. The molecule has 1 saturated heterocycles. The molecule has 180 valence electrons. The summed E-state index contributed by atoms with van der Waals surface area (Å²) in [5.74, 6) is 0.826. The Balaban J connectivity index is 1.57. The van der Waals surface area contributed by atoms with Crippen LogP contribution in [-0.4, -0.2) is 79.1 Å². The maximum absolute atomic E-state index is 12.1. The molecule has 1 aliphatic rings. The van der Waals surface area contributed by atoms with E-state index < -0.39 is 11.7 Å². The molecule has 0 atom stereocenters. The third-order valence-corrected chi connectivity index (χ3v) is 4.69. The Kier molecular flexibility index (Phi) is 9.19. The molecular weight excluding hydrogens is 410 g/mol. The molecule has 1 heterocycles. The first kappa shape index (κ1) is 25.8. The lowest BCUT2D eigenvalue weighted by Crippen LogP contribution is -2.51. The fourth-order valence-corrected chi connectivity index (χ4v) is 3.19. The molecule has 1 aromatic rings. The van der Waals surface area contributed by atoms with Crippen molar-refractivity contribution in [2.45, 2.75) is 59.2 Å². The fraction of sp³-hybridized carbons (Fsp3) is 0.667. The fourth-order valence-electron chi connectivity index (χ4n) is 3.19. The van der Waals surface area contributed by atoms with Gasteiger partial charge in [0.2, 0.25) is 0 Å². The van der Waals surface area contributed by atoms with Gasteiger partial charge in [0.1, 0.15) is 17.0 Å². The number of carbonyl (C=O) groups excluding carboxylic acids is 2. The number of benzene rings is 1. The van der Waals surface area contributed by atoms with E-state index in [9.17, 15) is 9.59 Å². The number of nitrogens with one attached hydrogen (secondary N) is 1. The lowest BCUT2D eigenvalue weighted by Gasteiger charge is -2.35. The molecule has 0 saturated carbocycles. The first-order valence-electron chi connectivity index (χ1n) is 11.3. The standard InChI is InChI=1S/C24H39N3O5/c1-23(2,3)31-20-9-7-19(8-10-20)11-18-30-21(28)25-12-13-26-14-16-27(17-15-26)22(29)32-24(4,5)6/h7-10H,11-18H2,1-6H3,(H,25,28). The Hall–Kier alpha value is -2.48. The van der Waals surface area contributed by atoms with Gasteiger partial charge in [-0.05, 0) is 59.2 Å². The van der Waals surface area contributed by atoms with Gasteiger partial charge in [-0.1, -0.05) is 12.1 Å². The molecule has 1 aliphatic heterocycles. The Morgan fingerprint density at radius 3 is 2.12 bits per heavy atom. The average molecular weight is 450 g/mol. The highest BCUT2D eigenvalue weighted by atomic mass is 16.6. The van der Waals surface area contributed by atoms with Crippen molar-refractivity contribution < 1.29 is 23.8 Å². The van der Waals surface area contributed by atoms with E-state index in [1.807, 2.05) is 65.8 Å². The molecule has 0 spiro atoms. The topological polar surface area (TPSA) is 80.3 Å². The van der Waals surface area contributed by atoms with Gasteiger partial charge < -0.3 is 24.4 Å². The summed E-state index contributed by atoms with van der Waals surface area (Å²) in [7, 11) is 0. The van der Waals surface area contributed by atoms with Gasteiger partial charge in [0.15, 0.2) is 0 Å². The second-order valence-corrected chi connectivity index (χ2v) is 9.98. The average Bonchev–Trinajstić information content (AvgIpc) is 2.67. The van der Waals surface area contributed by atoms with Crippen molar-refractivity contribution >= 4 is 12.2 Å². The van der Waals surface area contributed by atoms with Crippen molar-refractivity contribution in [1.82, 2.24) is 15.1 Å². The van der Waals surface area contributed by atoms with Crippen LogP contribution in [0.4, 0.5) is 9.59 Å². The minimum absolute atomic E-state index is 0.228. The number of hydrogen-bond donors (Lipinski definition) is 1. The number of amides is 2. The number of ether oxygens (including phenoxy) is 3. The third-order valence-electron chi connectivity index (χ3n) is 4.69. The minimum atomic E-state index is -0.484. The lowest BCUT2D eigenvalue weighted by molar-refractivity contribution is 0.0146. The Morgan fingerprint density at radius 2 is 1.56 bits per heavy atom. The predicted octanol–water partition coefficient (Wildman–Crippen LogP) is 3.69. The third kappa shape index (κ3) is 10.2. The molecule has 8 nitrogen and oxygen atoms in total. The molecule has 2 amide bonds. The highest BCUT2D eigenvalue weighted by molar-refractivity contribution is 5.68. The van der Waals surface area contributed by atoms with E-state index in [2.05, 4.69) is 10.2 Å². The summed E-state index contributed by atoms with van der Waals surface area (Å²) in [6, 6.07) is 7.84. The van der Waals surface area contributed by atoms with Crippen LogP contribution >= 0.6 is 0 Å². The zero-order valence-electron chi connectivity index (χ0n) is 20.4. The van der Waals surface area contributed by atoms with Gasteiger partial charge in [0, 0.05) is 45.7 Å². The van der Waals surface area contributed by atoms with Gasteiger partial charge in [-0.15, -0.1) is 0 Å². The number of hydrogen-bond acceptors (Lipinski definition) is 6. The molecular formula is C24H39N3O5. The van der Waals surface area contributed by atoms with Gasteiger partial charge in [-0.2, -0.15) is 0 Å². The molecule has 0 aliphatic carbocycles. The van der Waals surface area contributed by atoms with E-state index in [1.54, 1.807) is 4.90 Å². The van der Waals surface area contributed by atoms with Gasteiger partial charge in [0.05, 0.1) is 6.61 Å². The highest BCUT2D eigenvalue weighted by Crippen LogP contribution is 2.18. The number of rotatable bonds is 7. The Morgan fingerprint density at radius 1 is 0.938 bits per heavy atom. The zero-order chi connectivity index (χ0) is 23.8. The summed E-state index contributed by atoms with van der Waals surface area (Å²) in [5.41, 5.74) is 0.374. The monoisotopic (exact) mass is 449 g/mol. The van der Waals surface area contributed by atoms with Crippen LogP contribution in [-0.2, 0) is 15.9 Å². The Labute approximate surface area is 192 Å². The van der Waals surface area contributed by atoms with Crippen LogP contribution in [0.5, 0.6) is 5.75 Å². The van der Waals surface area contributed by atoms with Gasteiger partial charge in [-0.25, -0.2) is 9.59 Å². The van der Waals surface area contributed by atoms with E-state index >= 15 is 0 Å². The van der Waals surface area contributed by atoms with Gasteiger partial charge in [0.25, 0.3) is 0 Å². The minimum Gasteiger partial charge on any atom is -0.488 e. The summed E-state index contributed by atoms with van der Waals surface area (Å²) >= 11 is 0. The van der Waals surface area contributed by atoms with Crippen LogP contribution in [0.25, 0.3) is 0 Å². The molecule has 0 aromatic heterocycles. The van der Waals surface area contributed by atoms with E-state index in [0.29, 0.717) is 39.2 Å². The van der Waals surface area contributed by atoms with E-state index in [-0.39, 0.29) is 11.7 Å². The van der Waals surface area contributed by atoms with Crippen molar-refractivity contribution in [3.8, 4) is 5.75 Å². The van der Waals surface area contributed by atoms with E-state index in [1.165, 1.54) is 0 Å². The number of nitrogens with zero attached hydrogens (tertiary/aromatic N) is 2. The molecule has 2 rings (SSSR count). The molecule has 32 heavy (non-hydrogen) atoms. The number of carbonyl (C=O) groups is 2. The number of alkyl carbamates (subject to hydrolysis) is 1. The first-order chi connectivity index (χ1) is 14.9. The van der Waals surface area contributed by atoms with E-state index in [0.717, 1.165) is 24.4 Å². The van der Waals surface area contributed by atoms with Crippen LogP contribution in [0, 0.1) is 0 Å². The molecule has 1 fully saturated rings. The second-order valence-electron chi connectivity index (χ2n) is 9.98. The van der Waals surface area contributed by atoms with Crippen LogP contribution in [0.1, 0.15) is 47.1 Å². The van der Waals surface area contributed by atoms with Crippen molar-refractivity contribution in [1.29, 1.82) is 0 Å². The summed E-state index contributed by atoms with van der Waals surface area (Å²) in [6.07, 6.45) is -0.0316. The molecule has 1 N–H and O–H groups in total. The van der Waals surface area contributed by atoms with Gasteiger partial charge in [-0.3, -0.25) is 4.90 Å². The van der Waals surface area contributed by atoms with Crippen LogP contribution < -0.4 is 10.1 Å². The van der Waals surface area contributed by atoms with E-state index in [4.69, 9.17) is 14.2 Å². The Bertz CT molecular complexity index is 729. The summed E-state index contributed by atoms with van der Waals surface area (Å²) in [6.45, 7) is 15.9. The quantitative estimate of drug-likeness (QED) is 0.684. The molecule has 1 aromatic carbocycles. The van der Waals surface area contributed by atoms with Crippen molar-refractivity contribution in [3.63, 3.8) is 0 Å². The van der Waals surface area contributed by atoms with Crippen LogP contribution in [0.2, 0.25) is 0 Å². The van der Waals surface area contributed by atoms with Crippen molar-refractivity contribution in [3.05, 3.63) is 29.8 Å². The normalized spacial score (nSPS) is 15.2. The smallest absolute Gasteiger partial charge is 0.410 e. The summed E-state index contributed by atoms with van der Waals surface area (Å²) in [5, 5.41) is 2.79. The second kappa shape index (κ2) is 11.4. The molecule has 0 radical (unpaired) electrons. The van der Waals surface area contributed by atoms with Gasteiger partial charge >= 0.3 is 12.2 Å². The molecule has 0 bridgehead atoms.